The molecule has 3 atom stereocenters. The van der Waals surface area contributed by atoms with Crippen LogP contribution in [0.5, 0.6) is 0 Å². The van der Waals surface area contributed by atoms with Crippen molar-refractivity contribution in [2.45, 2.75) is 52.2 Å². The molecule has 0 spiro atoms. The van der Waals surface area contributed by atoms with Gasteiger partial charge in [0.05, 0.1) is 5.92 Å². The lowest BCUT2D eigenvalue weighted by atomic mass is 9.85. The van der Waals surface area contributed by atoms with Crippen molar-refractivity contribution in [2.24, 2.45) is 5.92 Å². The van der Waals surface area contributed by atoms with Gasteiger partial charge in [-0.1, -0.05) is 23.8 Å². The molecule has 0 N–H and O–H groups in total. The lowest BCUT2D eigenvalue weighted by molar-refractivity contribution is -0.149. The molecule has 0 saturated carbocycles. The molecule has 0 radical (unpaired) electrons. The predicted molar refractivity (Wildman–Crippen MR) is 79.4 cm³/mol. The molecule has 0 aromatic carbocycles. The first-order valence-electron chi connectivity index (χ1n) is 7.28. The molecule has 4 nitrogen and oxygen atoms in total. The maximum absolute atomic E-state index is 11.9. The van der Waals surface area contributed by atoms with Crippen LogP contribution in [0.1, 0.15) is 40.0 Å². The van der Waals surface area contributed by atoms with Crippen LogP contribution < -0.4 is 0 Å². The summed E-state index contributed by atoms with van der Waals surface area (Å²) in [5.74, 6) is -1.05. The molecule has 0 unspecified atom stereocenters. The fraction of sp³-hybridized carbons (Fsp3) is 0.529. The van der Waals surface area contributed by atoms with E-state index in [0.29, 0.717) is 12.0 Å². The molecule has 0 amide bonds. The van der Waals surface area contributed by atoms with Gasteiger partial charge in [-0.15, -0.1) is 0 Å². The first-order chi connectivity index (χ1) is 9.88. The maximum atomic E-state index is 11.9. The number of fused-ring (bicyclic) bond motifs is 1. The molecule has 0 aromatic rings. The van der Waals surface area contributed by atoms with E-state index in [-0.39, 0.29) is 18.0 Å². The second-order valence-electron chi connectivity index (χ2n) is 5.88. The van der Waals surface area contributed by atoms with E-state index in [1.165, 1.54) is 12.5 Å². The average molecular weight is 290 g/mol. The summed E-state index contributed by atoms with van der Waals surface area (Å²) < 4.78 is 10.9. The van der Waals surface area contributed by atoms with Gasteiger partial charge < -0.3 is 9.47 Å². The summed E-state index contributed by atoms with van der Waals surface area (Å²) in [5.41, 5.74) is 2.71. The number of ether oxygens (including phenoxy) is 2. The number of rotatable bonds is 1. The van der Waals surface area contributed by atoms with Gasteiger partial charge in [0.15, 0.2) is 0 Å². The molecule has 1 heterocycles. The fourth-order valence-corrected chi connectivity index (χ4v) is 2.95. The quantitative estimate of drug-likeness (QED) is 0.423. The smallest absolute Gasteiger partial charge is 0.334 e. The van der Waals surface area contributed by atoms with Gasteiger partial charge in [0.25, 0.3) is 0 Å². The molecule has 1 aliphatic heterocycles. The second-order valence-corrected chi connectivity index (χ2v) is 5.88. The Labute approximate surface area is 125 Å². The molecule has 1 fully saturated rings. The Bertz CT molecular complexity index is 527. The lowest BCUT2D eigenvalue weighted by Gasteiger charge is -2.26. The minimum absolute atomic E-state index is 0.308. The molecule has 21 heavy (non-hydrogen) atoms. The first-order valence-corrected chi connectivity index (χ1v) is 7.28. The van der Waals surface area contributed by atoms with Gasteiger partial charge in [-0.05, 0) is 32.8 Å². The van der Waals surface area contributed by atoms with E-state index in [1.807, 2.05) is 19.9 Å². The van der Waals surface area contributed by atoms with Gasteiger partial charge in [-0.2, -0.15) is 0 Å². The zero-order valence-electron chi connectivity index (χ0n) is 12.8. The van der Waals surface area contributed by atoms with Crippen molar-refractivity contribution in [3.05, 3.63) is 35.5 Å². The van der Waals surface area contributed by atoms with Gasteiger partial charge in [-0.3, -0.25) is 4.79 Å². The third-order valence-corrected chi connectivity index (χ3v) is 3.98. The maximum Gasteiger partial charge on any atom is 0.334 e. The number of hydrogen-bond donors (Lipinski definition) is 0. The number of esters is 2. The molecule has 114 valence electrons. The molecular weight excluding hydrogens is 268 g/mol. The summed E-state index contributed by atoms with van der Waals surface area (Å²) in [6, 6.07) is 0. The Balaban J connectivity index is 2.39. The second kappa shape index (κ2) is 6.29. The Morgan fingerprint density at radius 3 is 2.76 bits per heavy atom. The van der Waals surface area contributed by atoms with Crippen molar-refractivity contribution in [3.63, 3.8) is 0 Å². The van der Waals surface area contributed by atoms with E-state index in [0.717, 1.165) is 18.4 Å². The Morgan fingerprint density at radius 2 is 2.10 bits per heavy atom. The highest BCUT2D eigenvalue weighted by atomic mass is 16.6. The highest BCUT2D eigenvalue weighted by Gasteiger charge is 2.44. The number of allylic oxidation sites excluding steroid dienone is 2. The summed E-state index contributed by atoms with van der Waals surface area (Å²) >= 11 is 0. The van der Waals surface area contributed by atoms with E-state index in [4.69, 9.17) is 9.47 Å². The van der Waals surface area contributed by atoms with Gasteiger partial charge in [0.1, 0.15) is 12.2 Å². The van der Waals surface area contributed by atoms with Crippen molar-refractivity contribution in [3.8, 4) is 0 Å². The Kier molecular flexibility index (Phi) is 4.66. The standard InChI is InChI=1S/C17H22O4/c1-10-6-5-7-11(2)9-15-16(12(3)17(19)21-15)14(8-10)20-13(4)18/h6,9,14-16H,3,5,7-8H2,1-2,4H3/b10-6-,11-9-/t14-,15-,16+/m0/s1. The van der Waals surface area contributed by atoms with E-state index in [1.54, 1.807) is 0 Å². The number of carbonyl (C=O) groups is 2. The van der Waals surface area contributed by atoms with Crippen molar-refractivity contribution in [2.75, 3.05) is 0 Å². The van der Waals surface area contributed by atoms with Crippen molar-refractivity contribution < 1.29 is 19.1 Å². The topological polar surface area (TPSA) is 52.6 Å². The van der Waals surface area contributed by atoms with Crippen LogP contribution in [0, 0.1) is 5.92 Å². The summed E-state index contributed by atoms with van der Waals surface area (Å²) in [6.45, 7) is 9.27. The van der Waals surface area contributed by atoms with Crippen LogP contribution in [-0.2, 0) is 19.1 Å². The van der Waals surface area contributed by atoms with Crippen molar-refractivity contribution in [1.82, 2.24) is 0 Å². The summed E-state index contributed by atoms with van der Waals surface area (Å²) in [5, 5.41) is 0. The first kappa shape index (κ1) is 15.5. The van der Waals surface area contributed by atoms with Gasteiger partial charge in [-0.25, -0.2) is 4.79 Å². The molecule has 0 bridgehead atoms. The average Bonchev–Trinajstić information content (AvgIpc) is 2.62. The highest BCUT2D eigenvalue weighted by molar-refractivity contribution is 5.91. The third kappa shape index (κ3) is 3.63. The van der Waals surface area contributed by atoms with Gasteiger partial charge in [0.2, 0.25) is 0 Å². The predicted octanol–water partition coefficient (Wildman–Crippen LogP) is 3.09. The molecule has 1 aliphatic carbocycles. The van der Waals surface area contributed by atoms with Gasteiger partial charge >= 0.3 is 11.9 Å². The molecule has 4 heteroatoms. The van der Waals surface area contributed by atoms with Crippen molar-refractivity contribution in [1.29, 1.82) is 0 Å². The highest BCUT2D eigenvalue weighted by Crippen LogP contribution is 2.36. The van der Waals surface area contributed by atoms with Crippen LogP contribution in [0.25, 0.3) is 0 Å². The van der Waals surface area contributed by atoms with Gasteiger partial charge in [0, 0.05) is 18.9 Å². The van der Waals surface area contributed by atoms with E-state index < -0.39 is 12.1 Å². The van der Waals surface area contributed by atoms with E-state index in [9.17, 15) is 9.59 Å². The zero-order valence-corrected chi connectivity index (χ0v) is 12.8. The van der Waals surface area contributed by atoms with E-state index >= 15 is 0 Å². The summed E-state index contributed by atoms with van der Waals surface area (Å²) in [6.07, 6.45) is 5.80. The van der Waals surface area contributed by atoms with Crippen LogP contribution >= 0.6 is 0 Å². The summed E-state index contributed by atoms with van der Waals surface area (Å²) in [7, 11) is 0. The van der Waals surface area contributed by atoms with Crippen LogP contribution in [0.3, 0.4) is 0 Å². The number of carbonyl (C=O) groups excluding carboxylic acids is 2. The van der Waals surface area contributed by atoms with Crippen LogP contribution in [-0.4, -0.2) is 24.1 Å². The Morgan fingerprint density at radius 1 is 1.38 bits per heavy atom. The number of hydrogen-bond acceptors (Lipinski definition) is 4. The minimum Gasteiger partial charge on any atom is -0.461 e. The monoisotopic (exact) mass is 290 g/mol. The summed E-state index contributed by atoms with van der Waals surface area (Å²) in [4.78, 5) is 23.2. The molecule has 1 saturated heterocycles. The molecule has 2 aliphatic rings. The Hall–Kier alpha value is -1.84. The van der Waals surface area contributed by atoms with Crippen LogP contribution in [0.15, 0.2) is 35.5 Å². The van der Waals surface area contributed by atoms with E-state index in [2.05, 4.69) is 12.7 Å². The van der Waals surface area contributed by atoms with Crippen LogP contribution in [0.4, 0.5) is 0 Å². The largest absolute Gasteiger partial charge is 0.461 e. The SMILES string of the molecule is C=C1C(=O)O[C@H]2/C=C(/C)CC/C=C(/C)C[C@H](OC(C)=O)[C@@H]12. The fourth-order valence-electron chi connectivity index (χ4n) is 2.95. The lowest BCUT2D eigenvalue weighted by Crippen LogP contribution is -2.32. The molecule has 0 aromatic heterocycles. The normalized spacial score (nSPS) is 34.9. The molecule has 2 rings (SSSR count). The third-order valence-electron chi connectivity index (χ3n) is 3.98. The molecular formula is C17H22O4. The van der Waals surface area contributed by atoms with Crippen molar-refractivity contribution >= 4 is 11.9 Å². The zero-order chi connectivity index (χ0) is 15.6. The minimum atomic E-state index is -0.412. The van der Waals surface area contributed by atoms with Crippen LogP contribution in [0.2, 0.25) is 0 Å².